The Labute approximate surface area is 175 Å². The lowest BCUT2D eigenvalue weighted by atomic mass is 9.96. The van der Waals surface area contributed by atoms with E-state index in [0.717, 1.165) is 11.1 Å². The molecule has 1 aliphatic rings. The van der Waals surface area contributed by atoms with Gasteiger partial charge in [-0.1, -0.05) is 60.7 Å². The quantitative estimate of drug-likeness (QED) is 0.599. The lowest BCUT2D eigenvalue weighted by molar-refractivity contribution is -0.271. The van der Waals surface area contributed by atoms with E-state index in [-0.39, 0.29) is 13.2 Å². The first kappa shape index (κ1) is 22.2. The highest BCUT2D eigenvalue weighted by Gasteiger charge is 2.47. The smallest absolute Gasteiger partial charge is 0.407 e. The van der Waals surface area contributed by atoms with Crippen LogP contribution >= 0.6 is 0 Å². The molecule has 8 heteroatoms. The van der Waals surface area contributed by atoms with Gasteiger partial charge in [-0.3, -0.25) is 0 Å². The number of aliphatic hydroxyl groups is 2. The molecule has 1 fully saturated rings. The molecule has 0 bridgehead atoms. The summed E-state index contributed by atoms with van der Waals surface area (Å²) in [7, 11) is 1.41. The second kappa shape index (κ2) is 11.1. The van der Waals surface area contributed by atoms with Gasteiger partial charge in [-0.25, -0.2) is 4.79 Å². The topological polar surface area (TPSA) is 106 Å². The van der Waals surface area contributed by atoms with Crippen LogP contribution in [0.1, 0.15) is 11.1 Å². The van der Waals surface area contributed by atoms with Crippen LogP contribution in [0.25, 0.3) is 0 Å². The summed E-state index contributed by atoms with van der Waals surface area (Å²) in [5.74, 6) is 0. The summed E-state index contributed by atoms with van der Waals surface area (Å²) in [4.78, 5) is 12.4. The van der Waals surface area contributed by atoms with Crippen molar-refractivity contribution in [2.45, 2.75) is 43.9 Å². The van der Waals surface area contributed by atoms with Gasteiger partial charge in [0.05, 0.1) is 13.2 Å². The number of alkyl carbamates (subject to hydrolysis) is 1. The Morgan fingerprint density at radius 2 is 1.63 bits per heavy atom. The highest BCUT2D eigenvalue weighted by molar-refractivity contribution is 5.67. The number of amides is 1. The average Bonchev–Trinajstić information content (AvgIpc) is 2.79. The lowest BCUT2D eigenvalue weighted by Crippen LogP contribution is -2.65. The monoisotopic (exact) mass is 417 g/mol. The first-order valence-corrected chi connectivity index (χ1v) is 9.72. The predicted molar refractivity (Wildman–Crippen MR) is 107 cm³/mol. The average molecular weight is 417 g/mol. The van der Waals surface area contributed by atoms with Crippen LogP contribution in [0, 0.1) is 0 Å². The fraction of sp³-hybridized carbons (Fsp3) is 0.409. The minimum atomic E-state index is -1.18. The van der Waals surface area contributed by atoms with Gasteiger partial charge in [0.25, 0.3) is 0 Å². The Balaban J connectivity index is 1.68. The number of rotatable bonds is 8. The van der Waals surface area contributed by atoms with Crippen LogP contribution in [-0.2, 0) is 32.2 Å². The molecule has 0 aromatic heterocycles. The van der Waals surface area contributed by atoms with Crippen molar-refractivity contribution in [3.8, 4) is 0 Å². The predicted octanol–water partition coefficient (Wildman–Crippen LogP) is 1.59. The van der Waals surface area contributed by atoms with Gasteiger partial charge in [-0.2, -0.15) is 0 Å². The Morgan fingerprint density at radius 1 is 1.03 bits per heavy atom. The zero-order valence-electron chi connectivity index (χ0n) is 16.7. The van der Waals surface area contributed by atoms with E-state index in [1.807, 2.05) is 60.7 Å². The van der Waals surface area contributed by atoms with Crippen molar-refractivity contribution >= 4 is 6.09 Å². The summed E-state index contributed by atoms with van der Waals surface area (Å²) >= 11 is 0. The first-order valence-electron chi connectivity index (χ1n) is 9.72. The third kappa shape index (κ3) is 5.78. The van der Waals surface area contributed by atoms with Crippen LogP contribution < -0.4 is 5.32 Å². The van der Waals surface area contributed by atoms with Crippen LogP contribution in [-0.4, -0.2) is 60.7 Å². The molecule has 2 aromatic rings. The van der Waals surface area contributed by atoms with E-state index in [1.54, 1.807) is 0 Å². The van der Waals surface area contributed by atoms with Crippen molar-refractivity contribution in [1.82, 2.24) is 5.32 Å². The fourth-order valence-electron chi connectivity index (χ4n) is 3.29. The number of hydrogen-bond acceptors (Lipinski definition) is 7. The molecule has 1 heterocycles. The number of carbonyl (C=O) groups excluding carboxylic acids is 1. The molecule has 0 spiro atoms. The van der Waals surface area contributed by atoms with Crippen LogP contribution in [0.4, 0.5) is 4.79 Å². The van der Waals surface area contributed by atoms with Crippen molar-refractivity contribution in [2.24, 2.45) is 0 Å². The minimum Gasteiger partial charge on any atom is -0.445 e. The number of ether oxygens (including phenoxy) is 4. The van der Waals surface area contributed by atoms with Gasteiger partial charge in [0.15, 0.2) is 6.29 Å². The van der Waals surface area contributed by atoms with Gasteiger partial charge in [-0.15, -0.1) is 0 Å². The summed E-state index contributed by atoms with van der Waals surface area (Å²) in [5.41, 5.74) is 1.74. The van der Waals surface area contributed by atoms with Gasteiger partial charge >= 0.3 is 6.09 Å². The summed E-state index contributed by atoms with van der Waals surface area (Å²) in [6.07, 6.45) is -4.60. The molecule has 30 heavy (non-hydrogen) atoms. The molecule has 3 N–H and O–H groups in total. The summed E-state index contributed by atoms with van der Waals surface area (Å²) < 4.78 is 22.1. The maximum Gasteiger partial charge on any atom is 0.407 e. The molecule has 0 aliphatic carbocycles. The highest BCUT2D eigenvalue weighted by Crippen LogP contribution is 2.25. The fourth-order valence-corrected chi connectivity index (χ4v) is 3.29. The summed E-state index contributed by atoms with van der Waals surface area (Å²) in [6.45, 7) is -0.124. The SMILES string of the molecule is CO[C@@H]1O[C@@H](CO)[C@H](O)[C@@H](OCc2ccccc2)[C@@H]1NC(=O)OCc1ccccc1. The molecule has 0 unspecified atom stereocenters. The van der Waals surface area contributed by atoms with Gasteiger partial charge in [0.1, 0.15) is 31.0 Å². The van der Waals surface area contributed by atoms with Gasteiger partial charge < -0.3 is 34.5 Å². The van der Waals surface area contributed by atoms with Crippen LogP contribution in [0.3, 0.4) is 0 Å². The van der Waals surface area contributed by atoms with E-state index in [9.17, 15) is 15.0 Å². The largest absolute Gasteiger partial charge is 0.445 e. The van der Waals surface area contributed by atoms with Crippen LogP contribution in [0.2, 0.25) is 0 Å². The van der Waals surface area contributed by atoms with E-state index in [4.69, 9.17) is 18.9 Å². The van der Waals surface area contributed by atoms with Crippen molar-refractivity contribution in [3.63, 3.8) is 0 Å². The van der Waals surface area contributed by atoms with E-state index < -0.39 is 43.3 Å². The Morgan fingerprint density at radius 3 is 2.20 bits per heavy atom. The second-order valence-corrected chi connectivity index (χ2v) is 6.94. The number of methoxy groups -OCH3 is 1. The van der Waals surface area contributed by atoms with Gasteiger partial charge in [-0.05, 0) is 11.1 Å². The molecular formula is C22H27NO7. The first-order chi connectivity index (χ1) is 14.6. The van der Waals surface area contributed by atoms with Crippen molar-refractivity contribution < 1.29 is 34.0 Å². The van der Waals surface area contributed by atoms with E-state index in [2.05, 4.69) is 5.32 Å². The highest BCUT2D eigenvalue weighted by atomic mass is 16.7. The van der Waals surface area contributed by atoms with Crippen LogP contribution in [0.15, 0.2) is 60.7 Å². The number of nitrogens with one attached hydrogen (secondary N) is 1. The number of aliphatic hydroxyl groups excluding tert-OH is 2. The third-order valence-electron chi connectivity index (χ3n) is 4.87. The molecular weight excluding hydrogens is 390 g/mol. The molecule has 2 aromatic carbocycles. The zero-order valence-corrected chi connectivity index (χ0v) is 16.7. The molecule has 0 saturated carbocycles. The third-order valence-corrected chi connectivity index (χ3v) is 4.87. The normalized spacial score (nSPS) is 26.2. The Kier molecular flexibility index (Phi) is 8.18. The lowest BCUT2D eigenvalue weighted by Gasteiger charge is -2.43. The zero-order chi connectivity index (χ0) is 21.3. The Bertz CT molecular complexity index is 774. The Hall–Kier alpha value is -2.49. The minimum absolute atomic E-state index is 0.0925. The standard InChI is InChI=1S/C22H27NO7/c1-27-21-18(23-22(26)29-14-16-10-6-3-7-11-16)20(19(25)17(12-24)30-21)28-13-15-8-4-2-5-9-15/h2-11,17-21,24-25H,12-14H2,1H3,(H,23,26)/t17-,18-,19-,20-,21+/m0/s1. The molecule has 1 saturated heterocycles. The molecule has 1 aliphatic heterocycles. The van der Waals surface area contributed by atoms with Crippen molar-refractivity contribution in [3.05, 3.63) is 71.8 Å². The molecule has 1 amide bonds. The van der Waals surface area contributed by atoms with Crippen molar-refractivity contribution in [1.29, 1.82) is 0 Å². The summed E-state index contributed by atoms with van der Waals surface area (Å²) in [6, 6.07) is 17.8. The maximum absolute atomic E-state index is 12.4. The van der Waals surface area contributed by atoms with E-state index in [1.165, 1.54) is 7.11 Å². The molecule has 3 rings (SSSR count). The van der Waals surface area contributed by atoms with Crippen molar-refractivity contribution in [2.75, 3.05) is 13.7 Å². The van der Waals surface area contributed by atoms with Crippen LogP contribution in [0.5, 0.6) is 0 Å². The maximum atomic E-state index is 12.4. The molecule has 8 nitrogen and oxygen atoms in total. The van der Waals surface area contributed by atoms with Gasteiger partial charge in [0.2, 0.25) is 0 Å². The van der Waals surface area contributed by atoms with E-state index >= 15 is 0 Å². The van der Waals surface area contributed by atoms with Gasteiger partial charge in [0, 0.05) is 7.11 Å². The number of hydrogen-bond donors (Lipinski definition) is 3. The number of carbonyl (C=O) groups is 1. The molecule has 5 atom stereocenters. The molecule has 162 valence electrons. The molecule has 0 radical (unpaired) electrons. The number of benzene rings is 2. The second-order valence-electron chi connectivity index (χ2n) is 6.94. The van der Waals surface area contributed by atoms with E-state index in [0.29, 0.717) is 0 Å². The summed E-state index contributed by atoms with van der Waals surface area (Å²) in [5, 5.41) is 22.9.